The molecule has 0 aliphatic heterocycles. The largest absolute Gasteiger partial charge is 0.270 e. The molecule has 3 N–H and O–H groups in total. The van der Waals surface area contributed by atoms with Gasteiger partial charge < -0.3 is 0 Å². The summed E-state index contributed by atoms with van der Waals surface area (Å²) in [7, 11) is 0. The van der Waals surface area contributed by atoms with Crippen LogP contribution in [-0.4, -0.2) is 6.04 Å². The molecule has 1 atom stereocenters. The van der Waals surface area contributed by atoms with Gasteiger partial charge in [-0.1, -0.05) is 35.2 Å². The Morgan fingerprint density at radius 1 is 1.43 bits per heavy atom. The third kappa shape index (κ3) is 2.90. The molecular formula is C10H10Cl2N2. The zero-order valence-corrected chi connectivity index (χ0v) is 8.94. The second-order valence-electron chi connectivity index (χ2n) is 2.84. The molecule has 0 aliphatic carbocycles. The minimum absolute atomic E-state index is 0.188. The van der Waals surface area contributed by atoms with E-state index in [4.69, 9.17) is 35.5 Å². The van der Waals surface area contributed by atoms with Crippen LogP contribution in [-0.2, 0) is 6.42 Å². The van der Waals surface area contributed by atoms with E-state index in [1.54, 1.807) is 12.1 Å². The van der Waals surface area contributed by atoms with Crippen molar-refractivity contribution in [3.05, 3.63) is 33.8 Å². The fourth-order valence-corrected chi connectivity index (χ4v) is 1.39. The third-order valence-electron chi connectivity index (χ3n) is 1.83. The number of benzene rings is 1. The Hall–Kier alpha value is -0.720. The van der Waals surface area contributed by atoms with Crippen LogP contribution in [0.3, 0.4) is 0 Å². The topological polar surface area (TPSA) is 38.0 Å². The maximum Gasteiger partial charge on any atom is 0.0855 e. The lowest BCUT2D eigenvalue weighted by molar-refractivity contribution is 0.634. The summed E-state index contributed by atoms with van der Waals surface area (Å²) in [6.45, 7) is 0. The summed E-state index contributed by atoms with van der Waals surface area (Å²) in [6.07, 6.45) is 5.88. The number of rotatable bonds is 3. The molecule has 1 aromatic carbocycles. The normalized spacial score (nSPS) is 12.1. The van der Waals surface area contributed by atoms with E-state index in [9.17, 15) is 0 Å². The first-order valence-corrected chi connectivity index (χ1v) is 4.79. The Morgan fingerprint density at radius 3 is 2.64 bits per heavy atom. The highest BCUT2D eigenvalue weighted by Gasteiger charge is 2.05. The summed E-state index contributed by atoms with van der Waals surface area (Å²) < 4.78 is 0. The van der Waals surface area contributed by atoms with Crippen LogP contribution in [0.15, 0.2) is 18.2 Å². The van der Waals surface area contributed by atoms with Gasteiger partial charge in [-0.25, -0.2) is 5.43 Å². The van der Waals surface area contributed by atoms with Crippen LogP contribution < -0.4 is 11.3 Å². The Bertz CT molecular complexity index is 358. The molecule has 0 aromatic heterocycles. The van der Waals surface area contributed by atoms with Crippen molar-refractivity contribution in [2.75, 3.05) is 0 Å². The van der Waals surface area contributed by atoms with Crippen molar-refractivity contribution < 1.29 is 0 Å². The molecule has 0 saturated heterocycles. The molecule has 1 unspecified atom stereocenters. The average molecular weight is 229 g/mol. The SMILES string of the molecule is C#CC(Cc1ccc(Cl)c(Cl)c1)NN. The van der Waals surface area contributed by atoms with E-state index in [0.29, 0.717) is 16.5 Å². The van der Waals surface area contributed by atoms with Crippen LogP contribution in [0.25, 0.3) is 0 Å². The lowest BCUT2D eigenvalue weighted by Crippen LogP contribution is -2.35. The molecule has 74 valence electrons. The van der Waals surface area contributed by atoms with Crippen molar-refractivity contribution in [1.29, 1.82) is 0 Å². The molecule has 0 aliphatic rings. The van der Waals surface area contributed by atoms with Gasteiger partial charge in [0.15, 0.2) is 0 Å². The van der Waals surface area contributed by atoms with Crippen LogP contribution in [0.5, 0.6) is 0 Å². The third-order valence-corrected chi connectivity index (χ3v) is 2.57. The van der Waals surface area contributed by atoms with Gasteiger partial charge in [-0.3, -0.25) is 5.84 Å². The molecule has 2 nitrogen and oxygen atoms in total. The van der Waals surface area contributed by atoms with Crippen LogP contribution in [0.1, 0.15) is 5.56 Å². The highest BCUT2D eigenvalue weighted by Crippen LogP contribution is 2.22. The van der Waals surface area contributed by atoms with Gasteiger partial charge >= 0.3 is 0 Å². The average Bonchev–Trinajstić information content (AvgIpc) is 2.19. The minimum Gasteiger partial charge on any atom is -0.270 e. The summed E-state index contributed by atoms with van der Waals surface area (Å²) in [5, 5.41) is 1.06. The fourth-order valence-electron chi connectivity index (χ4n) is 1.07. The monoisotopic (exact) mass is 228 g/mol. The minimum atomic E-state index is -0.188. The number of halogens is 2. The smallest absolute Gasteiger partial charge is 0.0855 e. The van der Waals surface area contributed by atoms with Crippen molar-refractivity contribution in [2.24, 2.45) is 5.84 Å². The van der Waals surface area contributed by atoms with Gasteiger partial charge in [0.1, 0.15) is 0 Å². The van der Waals surface area contributed by atoms with Gasteiger partial charge in [0, 0.05) is 6.42 Å². The summed E-state index contributed by atoms with van der Waals surface area (Å²) in [4.78, 5) is 0. The fraction of sp³-hybridized carbons (Fsp3) is 0.200. The first-order valence-electron chi connectivity index (χ1n) is 4.03. The molecule has 1 aromatic rings. The summed E-state index contributed by atoms with van der Waals surface area (Å²) in [5.74, 6) is 7.77. The molecule has 0 fully saturated rings. The lowest BCUT2D eigenvalue weighted by Gasteiger charge is -2.09. The van der Waals surface area contributed by atoms with E-state index < -0.39 is 0 Å². The molecule has 0 bridgehead atoms. The lowest BCUT2D eigenvalue weighted by atomic mass is 10.1. The number of hydrogen-bond donors (Lipinski definition) is 2. The van der Waals surface area contributed by atoms with E-state index in [2.05, 4.69) is 11.3 Å². The van der Waals surface area contributed by atoms with Crippen molar-refractivity contribution in [2.45, 2.75) is 12.5 Å². The van der Waals surface area contributed by atoms with Crippen LogP contribution in [0.4, 0.5) is 0 Å². The first-order chi connectivity index (χ1) is 6.67. The number of hydrogen-bond acceptors (Lipinski definition) is 2. The number of terminal acetylenes is 1. The van der Waals surface area contributed by atoms with Gasteiger partial charge in [0.05, 0.1) is 16.1 Å². The zero-order chi connectivity index (χ0) is 10.6. The van der Waals surface area contributed by atoms with Gasteiger partial charge in [0.25, 0.3) is 0 Å². The van der Waals surface area contributed by atoms with E-state index in [1.165, 1.54) is 0 Å². The highest BCUT2D eigenvalue weighted by molar-refractivity contribution is 6.42. The van der Waals surface area contributed by atoms with Crippen LogP contribution in [0, 0.1) is 12.3 Å². The molecule has 4 heteroatoms. The number of nitrogens with one attached hydrogen (secondary N) is 1. The molecule has 0 saturated carbocycles. The standard InChI is InChI=1S/C10H10Cl2N2/c1-2-8(14-13)5-7-3-4-9(11)10(12)6-7/h1,3-4,6,8,14H,5,13H2. The van der Waals surface area contributed by atoms with E-state index in [1.807, 2.05) is 6.07 Å². The molecule has 0 amide bonds. The van der Waals surface area contributed by atoms with Crippen molar-refractivity contribution >= 4 is 23.2 Å². The predicted octanol–water partition coefficient (Wildman–Crippen LogP) is 2.00. The molecule has 1 rings (SSSR count). The first kappa shape index (κ1) is 11.4. The highest BCUT2D eigenvalue weighted by atomic mass is 35.5. The maximum atomic E-state index is 5.85. The van der Waals surface area contributed by atoms with E-state index in [-0.39, 0.29) is 6.04 Å². The van der Waals surface area contributed by atoms with Gasteiger partial charge in [-0.05, 0) is 17.7 Å². The van der Waals surface area contributed by atoms with Gasteiger partial charge in [-0.2, -0.15) is 0 Å². The zero-order valence-electron chi connectivity index (χ0n) is 7.43. The quantitative estimate of drug-likeness (QED) is 0.472. The predicted molar refractivity (Wildman–Crippen MR) is 60.1 cm³/mol. The molecule has 0 spiro atoms. The summed E-state index contributed by atoms with van der Waals surface area (Å²) >= 11 is 11.6. The number of nitrogens with two attached hydrogens (primary N) is 1. The molecule has 0 heterocycles. The molecule has 14 heavy (non-hydrogen) atoms. The Kier molecular flexibility index (Phi) is 4.24. The van der Waals surface area contributed by atoms with Crippen LogP contribution in [0.2, 0.25) is 10.0 Å². The van der Waals surface area contributed by atoms with Crippen molar-refractivity contribution in [1.82, 2.24) is 5.43 Å². The maximum absolute atomic E-state index is 5.85. The Balaban J connectivity index is 2.78. The van der Waals surface area contributed by atoms with E-state index >= 15 is 0 Å². The Labute approximate surface area is 93.4 Å². The summed E-state index contributed by atoms with van der Waals surface area (Å²) in [5.41, 5.74) is 3.52. The van der Waals surface area contributed by atoms with Gasteiger partial charge in [0.2, 0.25) is 0 Å². The van der Waals surface area contributed by atoms with Crippen molar-refractivity contribution in [3.63, 3.8) is 0 Å². The second kappa shape index (κ2) is 5.23. The van der Waals surface area contributed by atoms with E-state index in [0.717, 1.165) is 5.56 Å². The van der Waals surface area contributed by atoms with Crippen LogP contribution >= 0.6 is 23.2 Å². The van der Waals surface area contributed by atoms with Crippen molar-refractivity contribution in [3.8, 4) is 12.3 Å². The molecular weight excluding hydrogens is 219 g/mol. The Morgan fingerprint density at radius 2 is 2.14 bits per heavy atom. The number of hydrazine groups is 1. The summed E-state index contributed by atoms with van der Waals surface area (Å²) in [6, 6.07) is 5.21. The molecule has 0 radical (unpaired) electrons. The second-order valence-corrected chi connectivity index (χ2v) is 3.65. The van der Waals surface area contributed by atoms with Gasteiger partial charge in [-0.15, -0.1) is 6.42 Å².